The number of nitro benzene ring substituents is 1. The Morgan fingerprint density at radius 2 is 2.36 bits per heavy atom. The second kappa shape index (κ2) is 5.59. The molecule has 0 saturated carbocycles. The minimum atomic E-state index is -0.594. The molecule has 0 aliphatic carbocycles. The van der Waals surface area contributed by atoms with Crippen molar-refractivity contribution in [3.8, 4) is 0 Å². The molecule has 7 nitrogen and oxygen atoms in total. The molecule has 7 heteroatoms. The number of nitrogens with one attached hydrogen (secondary N) is 1. The third-order valence-electron chi connectivity index (χ3n) is 3.73. The molecule has 22 heavy (non-hydrogen) atoms. The highest BCUT2D eigenvalue weighted by molar-refractivity contribution is 5.99. The van der Waals surface area contributed by atoms with Crippen molar-refractivity contribution in [2.45, 2.75) is 19.3 Å². The molecule has 0 bridgehead atoms. The lowest BCUT2D eigenvalue weighted by Crippen LogP contribution is -2.18. The van der Waals surface area contributed by atoms with Crippen LogP contribution in [0.4, 0.5) is 5.69 Å². The van der Waals surface area contributed by atoms with Crippen molar-refractivity contribution in [3.05, 3.63) is 39.6 Å². The van der Waals surface area contributed by atoms with Crippen LogP contribution < -0.4 is 0 Å². The fourth-order valence-corrected chi connectivity index (χ4v) is 2.75. The molecule has 2 heterocycles. The van der Waals surface area contributed by atoms with Crippen molar-refractivity contribution < 1.29 is 14.5 Å². The van der Waals surface area contributed by atoms with Gasteiger partial charge in [-0.1, -0.05) is 0 Å². The van der Waals surface area contributed by atoms with Crippen molar-refractivity contribution in [3.63, 3.8) is 0 Å². The first-order valence-corrected chi connectivity index (χ1v) is 7.07. The molecule has 0 radical (unpaired) electrons. The van der Waals surface area contributed by atoms with Crippen LogP contribution in [0.1, 0.15) is 24.1 Å². The Hall–Kier alpha value is -2.70. The molecule has 0 amide bonds. The Morgan fingerprint density at radius 3 is 3.09 bits per heavy atom. The minimum Gasteiger partial charge on any atom is -0.465 e. The van der Waals surface area contributed by atoms with Gasteiger partial charge in [-0.15, -0.1) is 0 Å². The number of nitrogens with zero attached hydrogens (tertiary/aromatic N) is 2. The van der Waals surface area contributed by atoms with E-state index in [4.69, 9.17) is 4.74 Å². The number of rotatable bonds is 3. The van der Waals surface area contributed by atoms with Crippen molar-refractivity contribution in [1.29, 1.82) is 0 Å². The third-order valence-corrected chi connectivity index (χ3v) is 3.73. The van der Waals surface area contributed by atoms with E-state index >= 15 is 0 Å². The molecular weight excluding hydrogens is 286 g/mol. The van der Waals surface area contributed by atoms with E-state index < -0.39 is 10.8 Å². The molecule has 2 aromatic rings. The summed E-state index contributed by atoms with van der Waals surface area (Å²) >= 11 is 0. The Balaban J connectivity index is 2.13. The number of non-ortho nitro benzene ring substituents is 1. The molecule has 1 aromatic carbocycles. The largest absolute Gasteiger partial charge is 0.465 e. The Morgan fingerprint density at radius 1 is 1.55 bits per heavy atom. The van der Waals surface area contributed by atoms with Crippen LogP contribution in [0.25, 0.3) is 10.9 Å². The number of nitro groups is 1. The van der Waals surface area contributed by atoms with E-state index in [-0.39, 0.29) is 11.7 Å². The highest BCUT2D eigenvalue weighted by Gasteiger charge is 2.28. The van der Waals surface area contributed by atoms with Gasteiger partial charge >= 0.3 is 5.97 Å². The fourth-order valence-electron chi connectivity index (χ4n) is 2.75. The summed E-state index contributed by atoms with van der Waals surface area (Å²) in [4.78, 5) is 30.0. The molecule has 0 fully saturated rings. The summed E-state index contributed by atoms with van der Waals surface area (Å²) in [6, 6.07) is 4.68. The second-order valence-corrected chi connectivity index (χ2v) is 5.04. The van der Waals surface area contributed by atoms with Crippen LogP contribution in [0.15, 0.2) is 23.2 Å². The van der Waals surface area contributed by atoms with Crippen LogP contribution in [-0.4, -0.2) is 35.2 Å². The van der Waals surface area contributed by atoms with E-state index in [1.807, 2.05) is 0 Å². The van der Waals surface area contributed by atoms with E-state index in [1.54, 1.807) is 19.2 Å². The summed E-state index contributed by atoms with van der Waals surface area (Å²) in [5.41, 5.74) is 2.37. The molecule has 1 aliphatic heterocycles. The fraction of sp³-hybridized carbons (Fsp3) is 0.333. The van der Waals surface area contributed by atoms with Crippen LogP contribution in [0.3, 0.4) is 0 Å². The van der Waals surface area contributed by atoms with Gasteiger partial charge < -0.3 is 9.72 Å². The molecule has 1 N–H and O–H groups in total. The van der Waals surface area contributed by atoms with Gasteiger partial charge in [0.2, 0.25) is 0 Å². The SMILES string of the molecule is CCOC(=O)C1C=NCCc2c1[nH]c1cc([N+](=O)[O-])ccc21. The number of benzene rings is 1. The lowest BCUT2D eigenvalue weighted by atomic mass is 10.00. The molecule has 114 valence electrons. The smallest absolute Gasteiger partial charge is 0.320 e. The summed E-state index contributed by atoms with van der Waals surface area (Å²) in [5, 5.41) is 11.8. The molecule has 1 unspecified atom stereocenters. The molecule has 1 aromatic heterocycles. The predicted octanol–water partition coefficient (Wildman–Crippen LogP) is 2.35. The lowest BCUT2D eigenvalue weighted by molar-refractivity contribution is -0.384. The minimum absolute atomic E-state index is 0.0188. The number of carbonyl (C=O) groups excluding carboxylic acids is 1. The third kappa shape index (κ3) is 2.34. The molecular formula is C15H15N3O4. The van der Waals surface area contributed by atoms with Crippen molar-refractivity contribution in [2.24, 2.45) is 4.99 Å². The highest BCUT2D eigenvalue weighted by atomic mass is 16.6. The monoisotopic (exact) mass is 301 g/mol. The number of H-pyrrole nitrogens is 1. The number of hydrogen-bond acceptors (Lipinski definition) is 5. The van der Waals surface area contributed by atoms with Gasteiger partial charge in [0.25, 0.3) is 5.69 Å². The number of fused-ring (bicyclic) bond motifs is 3. The average molecular weight is 301 g/mol. The summed E-state index contributed by atoms with van der Waals surface area (Å²) in [6.07, 6.45) is 2.27. The lowest BCUT2D eigenvalue weighted by Gasteiger charge is -2.10. The van der Waals surface area contributed by atoms with E-state index in [0.717, 1.165) is 16.6 Å². The van der Waals surface area contributed by atoms with Crippen LogP contribution in [0.2, 0.25) is 0 Å². The maximum absolute atomic E-state index is 12.1. The van der Waals surface area contributed by atoms with Gasteiger partial charge in [0.1, 0.15) is 5.92 Å². The Kier molecular flexibility index (Phi) is 3.62. The first-order chi connectivity index (χ1) is 10.6. The Bertz CT molecular complexity index is 778. The number of aliphatic imine (C=N–C) groups is 1. The summed E-state index contributed by atoms with van der Waals surface area (Å²) in [7, 11) is 0. The van der Waals surface area contributed by atoms with Gasteiger partial charge in [0, 0.05) is 36.0 Å². The van der Waals surface area contributed by atoms with Crippen molar-refractivity contribution >= 4 is 28.8 Å². The Labute approximate surface area is 126 Å². The quantitative estimate of drug-likeness (QED) is 0.534. The van der Waals surface area contributed by atoms with Gasteiger partial charge in [-0.3, -0.25) is 19.9 Å². The van der Waals surface area contributed by atoms with Gasteiger partial charge in [0.05, 0.1) is 17.0 Å². The molecule has 1 aliphatic rings. The standard InChI is InChI=1S/C15H15N3O4/c1-2-22-15(19)12-8-16-6-5-11-10-4-3-9(18(20)21)7-13(10)17-14(11)12/h3-4,7-8,12,17H,2,5-6H2,1H3. The highest BCUT2D eigenvalue weighted by Crippen LogP contribution is 2.32. The van der Waals surface area contributed by atoms with E-state index in [0.29, 0.717) is 25.1 Å². The van der Waals surface area contributed by atoms with E-state index in [1.165, 1.54) is 12.1 Å². The summed E-state index contributed by atoms with van der Waals surface area (Å²) < 4.78 is 5.09. The first kappa shape index (κ1) is 14.2. The van der Waals surface area contributed by atoms with Crippen LogP contribution >= 0.6 is 0 Å². The zero-order valence-electron chi connectivity index (χ0n) is 12.0. The van der Waals surface area contributed by atoms with Crippen LogP contribution in [-0.2, 0) is 16.0 Å². The molecule has 0 saturated heterocycles. The number of esters is 1. The number of hydrogen-bond donors (Lipinski definition) is 1. The molecule has 3 rings (SSSR count). The number of aromatic amines is 1. The molecule has 0 spiro atoms. The zero-order chi connectivity index (χ0) is 15.7. The molecule has 1 atom stereocenters. The van der Waals surface area contributed by atoms with Crippen LogP contribution in [0.5, 0.6) is 0 Å². The maximum atomic E-state index is 12.1. The summed E-state index contributed by atoms with van der Waals surface area (Å²) in [6.45, 7) is 2.62. The number of ether oxygens (including phenoxy) is 1. The van der Waals surface area contributed by atoms with E-state index in [9.17, 15) is 14.9 Å². The summed E-state index contributed by atoms with van der Waals surface area (Å²) in [5.74, 6) is -0.959. The average Bonchev–Trinajstić information content (AvgIpc) is 2.71. The number of carbonyl (C=O) groups is 1. The zero-order valence-corrected chi connectivity index (χ0v) is 12.0. The van der Waals surface area contributed by atoms with E-state index in [2.05, 4.69) is 9.98 Å². The van der Waals surface area contributed by atoms with Gasteiger partial charge in [-0.05, 0) is 25.0 Å². The topological polar surface area (TPSA) is 97.6 Å². The number of aromatic nitrogens is 1. The predicted molar refractivity (Wildman–Crippen MR) is 81.4 cm³/mol. The van der Waals surface area contributed by atoms with Gasteiger partial charge in [-0.2, -0.15) is 0 Å². The van der Waals surface area contributed by atoms with Gasteiger partial charge in [-0.25, -0.2) is 0 Å². The normalized spacial score (nSPS) is 17.0. The maximum Gasteiger partial charge on any atom is 0.320 e. The van der Waals surface area contributed by atoms with Crippen molar-refractivity contribution in [2.75, 3.05) is 13.2 Å². The second-order valence-electron chi connectivity index (χ2n) is 5.04. The van der Waals surface area contributed by atoms with Crippen molar-refractivity contribution in [1.82, 2.24) is 4.98 Å². The van der Waals surface area contributed by atoms with Crippen LogP contribution in [0, 0.1) is 10.1 Å². The first-order valence-electron chi connectivity index (χ1n) is 7.07. The van der Waals surface area contributed by atoms with Gasteiger partial charge in [0.15, 0.2) is 0 Å².